The molecule has 0 saturated carbocycles. The highest BCUT2D eigenvalue weighted by Crippen LogP contribution is 2.35. The van der Waals surface area contributed by atoms with Crippen molar-refractivity contribution in [2.45, 2.75) is 12.8 Å². The molecule has 0 bridgehead atoms. The second-order valence-corrected chi connectivity index (χ2v) is 7.18. The molecule has 8 heteroatoms. The summed E-state index contributed by atoms with van der Waals surface area (Å²) in [6.45, 7) is 1.86. The number of ether oxygens (including phenoxy) is 2. The number of hydrogen-bond acceptors (Lipinski definition) is 6. The zero-order valence-electron chi connectivity index (χ0n) is 14.0. The van der Waals surface area contributed by atoms with Gasteiger partial charge >= 0.3 is 5.97 Å². The number of amides is 1. The van der Waals surface area contributed by atoms with E-state index < -0.39 is 11.9 Å². The number of likely N-dealkylation sites (tertiary alicyclic amines) is 1. The van der Waals surface area contributed by atoms with Crippen LogP contribution in [-0.2, 0) is 4.79 Å². The molecule has 1 N–H and O–H groups in total. The van der Waals surface area contributed by atoms with Crippen molar-refractivity contribution in [3.63, 3.8) is 0 Å². The van der Waals surface area contributed by atoms with E-state index in [-0.39, 0.29) is 12.5 Å². The van der Waals surface area contributed by atoms with E-state index in [0.29, 0.717) is 49.8 Å². The van der Waals surface area contributed by atoms with E-state index in [2.05, 4.69) is 4.98 Å². The van der Waals surface area contributed by atoms with E-state index in [1.807, 2.05) is 18.2 Å². The van der Waals surface area contributed by atoms with Gasteiger partial charge in [-0.25, -0.2) is 4.98 Å². The molecule has 4 rings (SSSR count). The number of rotatable bonds is 3. The van der Waals surface area contributed by atoms with Crippen LogP contribution >= 0.6 is 11.3 Å². The molecule has 26 heavy (non-hydrogen) atoms. The summed E-state index contributed by atoms with van der Waals surface area (Å²) in [6, 6.07) is 5.60. The molecule has 2 aliphatic heterocycles. The first kappa shape index (κ1) is 16.8. The molecular formula is C18H18N2O5S. The Morgan fingerprint density at radius 1 is 1.23 bits per heavy atom. The Kier molecular flexibility index (Phi) is 4.50. The first-order valence-electron chi connectivity index (χ1n) is 8.49. The Balaban J connectivity index is 1.52. The molecule has 0 spiro atoms. The van der Waals surface area contributed by atoms with Crippen molar-refractivity contribution >= 4 is 23.2 Å². The number of carboxylic acids is 1. The summed E-state index contributed by atoms with van der Waals surface area (Å²) in [5, 5.41) is 11.6. The van der Waals surface area contributed by atoms with E-state index in [9.17, 15) is 14.7 Å². The van der Waals surface area contributed by atoms with Gasteiger partial charge in [0.1, 0.15) is 23.9 Å². The number of aliphatic carboxylic acids is 1. The summed E-state index contributed by atoms with van der Waals surface area (Å²) in [4.78, 5) is 29.9. The molecule has 136 valence electrons. The number of nitrogens with zero attached hydrogens (tertiary/aromatic N) is 2. The fourth-order valence-corrected chi connectivity index (χ4v) is 4.00. The molecule has 7 nitrogen and oxygen atoms in total. The first-order chi connectivity index (χ1) is 12.6. The lowest BCUT2D eigenvalue weighted by molar-refractivity contribution is -0.143. The molecular weight excluding hydrogens is 356 g/mol. The maximum absolute atomic E-state index is 12.7. The van der Waals surface area contributed by atoms with Crippen LogP contribution in [0.3, 0.4) is 0 Å². The quantitative estimate of drug-likeness (QED) is 0.888. The van der Waals surface area contributed by atoms with Crippen molar-refractivity contribution in [3.05, 3.63) is 29.3 Å². The van der Waals surface area contributed by atoms with Gasteiger partial charge in [0.25, 0.3) is 5.91 Å². The van der Waals surface area contributed by atoms with Gasteiger partial charge in [-0.15, -0.1) is 11.3 Å². The largest absolute Gasteiger partial charge is 0.486 e. The predicted octanol–water partition coefficient (Wildman–Crippen LogP) is 2.52. The number of carbonyl (C=O) groups is 2. The van der Waals surface area contributed by atoms with Crippen LogP contribution in [0.25, 0.3) is 10.6 Å². The number of aromatic nitrogens is 1. The lowest BCUT2D eigenvalue weighted by Gasteiger charge is -2.30. The lowest BCUT2D eigenvalue weighted by Crippen LogP contribution is -2.42. The number of fused-ring (bicyclic) bond motifs is 1. The highest BCUT2D eigenvalue weighted by molar-refractivity contribution is 7.13. The SMILES string of the molecule is O=C(O)C1CCCN(C(=O)c2csc(-c3ccc4c(c3)OCCO4)n2)C1. The first-order valence-corrected chi connectivity index (χ1v) is 9.37. The van der Waals surface area contributed by atoms with E-state index in [1.54, 1.807) is 10.3 Å². The Morgan fingerprint density at radius 3 is 2.85 bits per heavy atom. The van der Waals surface area contributed by atoms with E-state index >= 15 is 0 Å². The summed E-state index contributed by atoms with van der Waals surface area (Å²) >= 11 is 1.38. The molecule has 0 aliphatic carbocycles. The van der Waals surface area contributed by atoms with E-state index in [1.165, 1.54) is 11.3 Å². The highest BCUT2D eigenvalue weighted by atomic mass is 32.1. The van der Waals surface area contributed by atoms with Crippen molar-refractivity contribution in [1.82, 2.24) is 9.88 Å². The van der Waals surface area contributed by atoms with Crippen LogP contribution in [0.15, 0.2) is 23.6 Å². The van der Waals surface area contributed by atoms with Crippen LogP contribution in [-0.4, -0.2) is 53.2 Å². The van der Waals surface area contributed by atoms with E-state index in [4.69, 9.17) is 9.47 Å². The molecule has 2 aromatic rings. The van der Waals surface area contributed by atoms with Gasteiger partial charge in [0.15, 0.2) is 11.5 Å². The second-order valence-electron chi connectivity index (χ2n) is 6.32. The average Bonchev–Trinajstić information content (AvgIpc) is 3.17. The zero-order chi connectivity index (χ0) is 18.1. The lowest BCUT2D eigenvalue weighted by atomic mass is 9.98. The van der Waals surface area contributed by atoms with Crippen molar-refractivity contribution in [1.29, 1.82) is 0 Å². The van der Waals surface area contributed by atoms with Crippen LogP contribution in [0.4, 0.5) is 0 Å². The molecule has 1 atom stereocenters. The Morgan fingerprint density at radius 2 is 2.04 bits per heavy atom. The zero-order valence-corrected chi connectivity index (χ0v) is 14.8. The summed E-state index contributed by atoms with van der Waals surface area (Å²) in [5.74, 6) is -0.171. The Bertz CT molecular complexity index is 850. The van der Waals surface area contributed by atoms with Gasteiger partial charge in [-0.2, -0.15) is 0 Å². The minimum atomic E-state index is -0.849. The molecule has 1 aromatic carbocycles. The number of carbonyl (C=O) groups excluding carboxylic acids is 1. The number of piperidine rings is 1. The van der Waals surface area contributed by atoms with Gasteiger partial charge in [0.2, 0.25) is 0 Å². The fraction of sp³-hybridized carbons (Fsp3) is 0.389. The topological polar surface area (TPSA) is 89.0 Å². The van der Waals surface area contributed by atoms with E-state index in [0.717, 1.165) is 10.6 Å². The normalized spacial score (nSPS) is 19.2. The standard InChI is InChI=1S/C18H18N2O5S/c21-17(20-5-1-2-12(9-20)18(22)23)13-10-26-16(19-13)11-3-4-14-15(8-11)25-7-6-24-14/h3-4,8,10,12H,1-2,5-7,9H2,(H,22,23). The summed E-state index contributed by atoms with van der Waals surface area (Å²) in [7, 11) is 0. The molecule has 2 aliphatic rings. The maximum atomic E-state index is 12.7. The summed E-state index contributed by atoms with van der Waals surface area (Å²) in [5.41, 5.74) is 1.21. The van der Waals surface area contributed by atoms with Crippen LogP contribution in [0.1, 0.15) is 23.3 Å². The minimum absolute atomic E-state index is 0.212. The smallest absolute Gasteiger partial charge is 0.308 e. The Labute approximate surface area is 154 Å². The number of thiazole rings is 1. The predicted molar refractivity (Wildman–Crippen MR) is 94.8 cm³/mol. The minimum Gasteiger partial charge on any atom is -0.486 e. The van der Waals surface area contributed by atoms with Gasteiger partial charge in [-0.3, -0.25) is 9.59 Å². The number of hydrogen-bond donors (Lipinski definition) is 1. The van der Waals surface area contributed by atoms with Gasteiger partial charge in [-0.05, 0) is 31.0 Å². The average molecular weight is 374 g/mol. The van der Waals surface area contributed by atoms with Crippen molar-refractivity contribution in [3.8, 4) is 22.1 Å². The molecule has 3 heterocycles. The number of carboxylic acid groups (broad SMARTS) is 1. The highest BCUT2D eigenvalue weighted by Gasteiger charge is 2.29. The van der Waals surface area contributed by atoms with Crippen molar-refractivity contribution in [2.24, 2.45) is 5.92 Å². The van der Waals surface area contributed by atoms with Gasteiger partial charge in [0.05, 0.1) is 5.92 Å². The second kappa shape index (κ2) is 6.95. The van der Waals surface area contributed by atoms with Crippen LogP contribution in [0.2, 0.25) is 0 Å². The van der Waals surface area contributed by atoms with Crippen LogP contribution in [0.5, 0.6) is 11.5 Å². The van der Waals surface area contributed by atoms with Crippen LogP contribution < -0.4 is 9.47 Å². The fourth-order valence-electron chi connectivity index (χ4n) is 3.21. The monoisotopic (exact) mass is 374 g/mol. The molecule has 1 saturated heterocycles. The van der Waals surface area contributed by atoms with Gasteiger partial charge < -0.3 is 19.5 Å². The third kappa shape index (κ3) is 3.24. The van der Waals surface area contributed by atoms with Gasteiger partial charge in [-0.1, -0.05) is 0 Å². The number of benzene rings is 1. The molecule has 0 radical (unpaired) electrons. The van der Waals surface area contributed by atoms with Crippen molar-refractivity contribution < 1.29 is 24.2 Å². The van der Waals surface area contributed by atoms with Crippen molar-refractivity contribution in [2.75, 3.05) is 26.3 Å². The summed E-state index contributed by atoms with van der Waals surface area (Å²) in [6.07, 6.45) is 1.31. The maximum Gasteiger partial charge on any atom is 0.308 e. The Hall–Kier alpha value is -2.61. The molecule has 1 aromatic heterocycles. The third-order valence-corrected chi connectivity index (χ3v) is 5.46. The molecule has 1 unspecified atom stereocenters. The third-order valence-electron chi connectivity index (χ3n) is 4.57. The summed E-state index contributed by atoms with van der Waals surface area (Å²) < 4.78 is 11.1. The van der Waals surface area contributed by atoms with Gasteiger partial charge in [0, 0.05) is 24.0 Å². The molecule has 1 fully saturated rings. The molecule has 1 amide bonds. The van der Waals surface area contributed by atoms with Crippen LogP contribution in [0, 0.1) is 5.92 Å².